The number of likely N-dealkylation sites (N-methyl/N-ethyl adjacent to an activating group) is 1. The molecule has 0 saturated carbocycles. The number of carbonyl (C=O) groups excluding carboxylic acids is 1. The minimum atomic E-state index is -0.797. The molecule has 0 aromatic carbocycles. The van der Waals surface area contributed by atoms with Crippen LogP contribution in [0.4, 0.5) is 4.79 Å². The van der Waals surface area contributed by atoms with Crippen LogP contribution in [0.1, 0.15) is 13.8 Å². The fraction of sp³-hybridized carbons (Fsp3) is 0.846. The number of aliphatic carboxylic acids is 1. The lowest BCUT2D eigenvalue weighted by Crippen LogP contribution is -2.55. The van der Waals surface area contributed by atoms with E-state index in [-0.39, 0.29) is 11.9 Å². The van der Waals surface area contributed by atoms with Crippen LogP contribution in [-0.4, -0.2) is 77.6 Å². The van der Waals surface area contributed by atoms with Gasteiger partial charge in [0.05, 0.1) is 5.92 Å². The van der Waals surface area contributed by atoms with Crippen LogP contribution in [0.3, 0.4) is 0 Å². The van der Waals surface area contributed by atoms with Gasteiger partial charge >= 0.3 is 12.0 Å². The number of nitrogens with zero attached hydrogens (tertiary/aromatic N) is 3. The van der Waals surface area contributed by atoms with Crippen molar-refractivity contribution in [1.82, 2.24) is 14.7 Å². The van der Waals surface area contributed by atoms with Crippen LogP contribution in [0.2, 0.25) is 0 Å². The van der Waals surface area contributed by atoms with Gasteiger partial charge < -0.3 is 19.8 Å². The van der Waals surface area contributed by atoms with Gasteiger partial charge in [-0.2, -0.15) is 0 Å². The van der Waals surface area contributed by atoms with Crippen molar-refractivity contribution in [2.45, 2.75) is 19.9 Å². The predicted molar refractivity (Wildman–Crippen MR) is 70.9 cm³/mol. The van der Waals surface area contributed by atoms with Gasteiger partial charge in [0.25, 0.3) is 0 Å². The summed E-state index contributed by atoms with van der Waals surface area (Å²) in [6, 6.07) is 0.351. The van der Waals surface area contributed by atoms with Crippen molar-refractivity contribution in [1.29, 1.82) is 0 Å². The molecule has 19 heavy (non-hydrogen) atoms. The van der Waals surface area contributed by atoms with Crippen molar-refractivity contribution < 1.29 is 14.7 Å². The largest absolute Gasteiger partial charge is 0.481 e. The first-order valence-electron chi connectivity index (χ1n) is 6.87. The topological polar surface area (TPSA) is 64.1 Å². The minimum absolute atomic E-state index is 0.00412. The van der Waals surface area contributed by atoms with Crippen LogP contribution in [0.25, 0.3) is 0 Å². The molecular weight excluding hydrogens is 246 g/mol. The molecule has 2 saturated heterocycles. The van der Waals surface area contributed by atoms with Crippen LogP contribution >= 0.6 is 0 Å². The van der Waals surface area contributed by atoms with Gasteiger partial charge in [-0.15, -0.1) is 0 Å². The van der Waals surface area contributed by atoms with E-state index in [0.717, 1.165) is 19.6 Å². The molecule has 2 fully saturated rings. The summed E-state index contributed by atoms with van der Waals surface area (Å²) < 4.78 is 0. The zero-order chi connectivity index (χ0) is 14.2. The number of amides is 2. The number of carboxylic acid groups (broad SMARTS) is 1. The molecule has 0 spiro atoms. The van der Waals surface area contributed by atoms with Crippen LogP contribution in [0.15, 0.2) is 0 Å². The molecule has 2 aliphatic heterocycles. The van der Waals surface area contributed by atoms with Crippen molar-refractivity contribution in [2.75, 3.05) is 39.8 Å². The maximum Gasteiger partial charge on any atom is 0.320 e. The van der Waals surface area contributed by atoms with Crippen molar-refractivity contribution in [3.05, 3.63) is 0 Å². The van der Waals surface area contributed by atoms with Gasteiger partial charge in [-0.3, -0.25) is 4.79 Å². The van der Waals surface area contributed by atoms with E-state index >= 15 is 0 Å². The quantitative estimate of drug-likeness (QED) is 0.748. The number of likely N-dealkylation sites (tertiary alicyclic amines) is 1. The molecule has 0 bridgehead atoms. The molecule has 1 N–H and O–H groups in total. The number of carbonyl (C=O) groups is 2. The lowest BCUT2D eigenvalue weighted by atomic mass is 9.99. The minimum Gasteiger partial charge on any atom is -0.481 e. The normalized spacial score (nSPS) is 32.7. The highest BCUT2D eigenvalue weighted by Crippen LogP contribution is 2.24. The van der Waals surface area contributed by atoms with Gasteiger partial charge in [0.2, 0.25) is 0 Å². The average molecular weight is 269 g/mol. The highest BCUT2D eigenvalue weighted by atomic mass is 16.4. The zero-order valence-corrected chi connectivity index (χ0v) is 11.9. The summed E-state index contributed by atoms with van der Waals surface area (Å²) in [4.78, 5) is 29.3. The Kier molecular flexibility index (Phi) is 3.99. The smallest absolute Gasteiger partial charge is 0.320 e. The van der Waals surface area contributed by atoms with Crippen LogP contribution in [0.5, 0.6) is 0 Å². The van der Waals surface area contributed by atoms with E-state index < -0.39 is 11.9 Å². The van der Waals surface area contributed by atoms with E-state index in [1.807, 2.05) is 11.8 Å². The van der Waals surface area contributed by atoms with Gasteiger partial charge in [-0.25, -0.2) is 4.79 Å². The van der Waals surface area contributed by atoms with E-state index in [1.54, 1.807) is 4.90 Å². The summed E-state index contributed by atoms with van der Waals surface area (Å²) in [6.07, 6.45) is 0. The number of carboxylic acids is 1. The summed E-state index contributed by atoms with van der Waals surface area (Å²) in [5, 5.41) is 9.11. The van der Waals surface area contributed by atoms with Crippen LogP contribution in [0, 0.1) is 11.8 Å². The van der Waals surface area contributed by atoms with Crippen molar-refractivity contribution in [3.63, 3.8) is 0 Å². The Morgan fingerprint density at radius 3 is 2.26 bits per heavy atom. The number of hydrogen-bond donors (Lipinski definition) is 1. The molecule has 1 unspecified atom stereocenters. The van der Waals surface area contributed by atoms with Gasteiger partial charge in [-0.05, 0) is 19.9 Å². The van der Waals surface area contributed by atoms with Crippen molar-refractivity contribution >= 4 is 12.0 Å². The molecule has 0 aromatic heterocycles. The van der Waals surface area contributed by atoms with Gasteiger partial charge in [0.1, 0.15) is 0 Å². The van der Waals surface area contributed by atoms with E-state index in [0.29, 0.717) is 19.1 Å². The second-order valence-electron chi connectivity index (χ2n) is 5.89. The summed E-state index contributed by atoms with van der Waals surface area (Å²) in [6.45, 7) is 7.22. The molecule has 2 aliphatic rings. The monoisotopic (exact) mass is 269 g/mol. The first-order chi connectivity index (χ1) is 8.90. The Morgan fingerprint density at radius 2 is 1.74 bits per heavy atom. The second kappa shape index (κ2) is 5.36. The van der Waals surface area contributed by atoms with Crippen LogP contribution in [-0.2, 0) is 4.79 Å². The molecule has 2 heterocycles. The standard InChI is InChI=1S/C13H23N3O3/c1-9-6-16(8-11(9)12(17)18)13(19)15-5-4-14(3)10(2)7-15/h9-11H,4-8H2,1-3H3,(H,17,18)/t9-,10?,11-/m1/s1. The summed E-state index contributed by atoms with van der Waals surface area (Å²) >= 11 is 0. The molecule has 0 aliphatic carbocycles. The average Bonchev–Trinajstić information content (AvgIpc) is 2.74. The zero-order valence-electron chi connectivity index (χ0n) is 11.9. The number of hydrogen-bond acceptors (Lipinski definition) is 3. The van der Waals surface area contributed by atoms with Gasteiger partial charge in [0, 0.05) is 38.8 Å². The Balaban J connectivity index is 1.96. The molecule has 0 radical (unpaired) electrons. The Bertz CT molecular complexity index is 374. The van der Waals surface area contributed by atoms with Gasteiger partial charge in [-0.1, -0.05) is 6.92 Å². The Morgan fingerprint density at radius 1 is 1.05 bits per heavy atom. The first kappa shape index (κ1) is 14.1. The van der Waals surface area contributed by atoms with Crippen LogP contribution < -0.4 is 0 Å². The lowest BCUT2D eigenvalue weighted by Gasteiger charge is -2.39. The third kappa shape index (κ3) is 2.83. The molecule has 6 nitrogen and oxygen atoms in total. The molecule has 2 rings (SSSR count). The Labute approximate surface area is 114 Å². The lowest BCUT2D eigenvalue weighted by molar-refractivity contribution is -0.142. The Hall–Kier alpha value is -1.30. The SMILES string of the molecule is CC1CN(C(=O)N2C[C@@H](C)[C@H](C(=O)O)C2)CCN1C. The fourth-order valence-electron chi connectivity index (χ4n) is 2.87. The molecular formula is C13H23N3O3. The third-order valence-electron chi connectivity index (χ3n) is 4.43. The summed E-state index contributed by atoms with van der Waals surface area (Å²) in [5.41, 5.74) is 0. The van der Waals surface area contributed by atoms with Crippen molar-refractivity contribution in [2.24, 2.45) is 11.8 Å². The predicted octanol–water partition coefficient (Wildman–Crippen LogP) is 0.395. The van der Waals surface area contributed by atoms with E-state index in [1.165, 1.54) is 0 Å². The highest BCUT2D eigenvalue weighted by molar-refractivity contribution is 5.78. The molecule has 0 aromatic rings. The summed E-state index contributed by atoms with van der Waals surface area (Å²) in [5.74, 6) is -1.19. The molecule has 2 amide bonds. The van der Waals surface area contributed by atoms with Crippen molar-refractivity contribution in [3.8, 4) is 0 Å². The maximum atomic E-state index is 12.4. The van der Waals surface area contributed by atoms with E-state index in [4.69, 9.17) is 5.11 Å². The van der Waals surface area contributed by atoms with E-state index in [9.17, 15) is 9.59 Å². The number of urea groups is 1. The molecule has 3 atom stereocenters. The summed E-state index contributed by atoms with van der Waals surface area (Å²) in [7, 11) is 2.06. The first-order valence-corrected chi connectivity index (χ1v) is 6.87. The molecule has 6 heteroatoms. The second-order valence-corrected chi connectivity index (χ2v) is 5.89. The molecule has 108 valence electrons. The highest BCUT2D eigenvalue weighted by Gasteiger charge is 2.39. The third-order valence-corrected chi connectivity index (χ3v) is 4.43. The fourth-order valence-corrected chi connectivity index (χ4v) is 2.87. The number of rotatable bonds is 1. The van der Waals surface area contributed by atoms with Gasteiger partial charge in [0.15, 0.2) is 0 Å². The van der Waals surface area contributed by atoms with E-state index in [2.05, 4.69) is 18.9 Å². The maximum absolute atomic E-state index is 12.4. The number of piperazine rings is 1.